The molecule has 0 spiro atoms. The number of hydrogen-bond donors (Lipinski definition) is 2. The number of rotatable bonds is 9. The molecule has 5 heteroatoms. The minimum atomic E-state index is 0.0103. The van der Waals surface area contributed by atoms with Crippen LogP contribution in [-0.2, 0) is 4.79 Å². The predicted molar refractivity (Wildman–Crippen MR) is 101 cm³/mol. The molecule has 0 saturated carbocycles. The van der Waals surface area contributed by atoms with Gasteiger partial charge >= 0.3 is 0 Å². The fourth-order valence-corrected chi connectivity index (χ4v) is 2.36. The summed E-state index contributed by atoms with van der Waals surface area (Å²) in [4.78, 5) is 11.9. The highest BCUT2D eigenvalue weighted by molar-refractivity contribution is 5.76. The maximum absolute atomic E-state index is 11.9. The van der Waals surface area contributed by atoms with Gasteiger partial charge in [-0.2, -0.15) is 0 Å². The van der Waals surface area contributed by atoms with Gasteiger partial charge in [-0.3, -0.25) is 4.79 Å². The molecule has 2 N–H and O–H groups in total. The SMILES string of the molecule is COc1ccc(OCCNC(=O)CCNc2cc(C)ccc2C)cc1. The van der Waals surface area contributed by atoms with Crippen molar-refractivity contribution in [2.45, 2.75) is 20.3 Å². The topological polar surface area (TPSA) is 59.6 Å². The number of amides is 1. The van der Waals surface area contributed by atoms with Crippen molar-refractivity contribution in [1.82, 2.24) is 5.32 Å². The van der Waals surface area contributed by atoms with Crippen LogP contribution in [0.4, 0.5) is 5.69 Å². The number of anilines is 1. The third-order valence-corrected chi connectivity index (χ3v) is 3.81. The molecule has 0 aromatic heterocycles. The Hall–Kier alpha value is -2.69. The number of aryl methyl sites for hydroxylation is 2. The van der Waals surface area contributed by atoms with Crippen LogP contribution < -0.4 is 20.1 Å². The molecule has 0 saturated heterocycles. The predicted octanol–water partition coefficient (Wildman–Crippen LogP) is 3.31. The molecule has 2 aromatic carbocycles. The van der Waals surface area contributed by atoms with Gasteiger partial charge in [-0.1, -0.05) is 12.1 Å². The molecule has 0 radical (unpaired) electrons. The summed E-state index contributed by atoms with van der Waals surface area (Å²) in [6.07, 6.45) is 0.427. The third-order valence-electron chi connectivity index (χ3n) is 3.81. The molecule has 0 aliphatic carbocycles. The summed E-state index contributed by atoms with van der Waals surface area (Å²) in [6, 6.07) is 13.6. The van der Waals surface area contributed by atoms with Gasteiger partial charge in [-0.25, -0.2) is 0 Å². The lowest BCUT2D eigenvalue weighted by atomic mass is 10.1. The third kappa shape index (κ3) is 6.37. The molecule has 134 valence electrons. The number of carbonyl (C=O) groups is 1. The minimum absolute atomic E-state index is 0.0103. The summed E-state index contributed by atoms with van der Waals surface area (Å²) in [5.41, 5.74) is 3.46. The second kappa shape index (κ2) is 9.57. The Morgan fingerprint density at radius 3 is 2.44 bits per heavy atom. The lowest BCUT2D eigenvalue weighted by Gasteiger charge is -2.11. The quantitative estimate of drug-likeness (QED) is 0.687. The van der Waals surface area contributed by atoms with Crippen molar-refractivity contribution in [3.8, 4) is 11.5 Å². The van der Waals surface area contributed by atoms with E-state index in [0.717, 1.165) is 17.2 Å². The van der Waals surface area contributed by atoms with Crippen LogP contribution in [0, 0.1) is 13.8 Å². The van der Waals surface area contributed by atoms with Gasteiger partial charge in [0.15, 0.2) is 0 Å². The van der Waals surface area contributed by atoms with Gasteiger partial charge < -0.3 is 20.1 Å². The Morgan fingerprint density at radius 1 is 1.00 bits per heavy atom. The number of methoxy groups -OCH3 is 1. The van der Waals surface area contributed by atoms with Crippen molar-refractivity contribution >= 4 is 11.6 Å². The van der Waals surface area contributed by atoms with E-state index in [-0.39, 0.29) is 5.91 Å². The van der Waals surface area contributed by atoms with E-state index in [9.17, 15) is 4.79 Å². The van der Waals surface area contributed by atoms with Crippen LogP contribution in [0.1, 0.15) is 17.5 Å². The molecule has 2 aromatic rings. The van der Waals surface area contributed by atoms with Crippen molar-refractivity contribution in [2.75, 3.05) is 32.1 Å². The lowest BCUT2D eigenvalue weighted by molar-refractivity contribution is -0.120. The van der Waals surface area contributed by atoms with Gasteiger partial charge in [0.1, 0.15) is 18.1 Å². The van der Waals surface area contributed by atoms with Crippen molar-refractivity contribution in [2.24, 2.45) is 0 Å². The molecule has 25 heavy (non-hydrogen) atoms. The molecule has 5 nitrogen and oxygen atoms in total. The first kappa shape index (κ1) is 18.6. The Morgan fingerprint density at radius 2 is 1.72 bits per heavy atom. The minimum Gasteiger partial charge on any atom is -0.497 e. The van der Waals surface area contributed by atoms with Gasteiger partial charge in [-0.15, -0.1) is 0 Å². The van der Waals surface area contributed by atoms with E-state index in [2.05, 4.69) is 42.7 Å². The number of hydrogen-bond acceptors (Lipinski definition) is 4. The molecule has 2 rings (SSSR count). The van der Waals surface area contributed by atoms with Crippen molar-refractivity contribution in [3.63, 3.8) is 0 Å². The van der Waals surface area contributed by atoms with Gasteiger partial charge in [0, 0.05) is 18.7 Å². The van der Waals surface area contributed by atoms with Gasteiger partial charge in [0.05, 0.1) is 13.7 Å². The average Bonchev–Trinajstić information content (AvgIpc) is 2.62. The van der Waals surface area contributed by atoms with E-state index < -0.39 is 0 Å². The largest absolute Gasteiger partial charge is 0.497 e. The maximum Gasteiger partial charge on any atom is 0.221 e. The molecular weight excluding hydrogens is 316 g/mol. The summed E-state index contributed by atoms with van der Waals surface area (Å²) in [5, 5.41) is 6.17. The van der Waals surface area contributed by atoms with E-state index in [4.69, 9.17) is 9.47 Å². The molecule has 0 atom stereocenters. The zero-order valence-electron chi connectivity index (χ0n) is 15.1. The van der Waals surface area contributed by atoms with Crippen LogP contribution in [0.15, 0.2) is 42.5 Å². The molecule has 0 aliphatic heterocycles. The monoisotopic (exact) mass is 342 g/mol. The highest BCUT2D eigenvalue weighted by atomic mass is 16.5. The second-order valence-corrected chi connectivity index (χ2v) is 5.87. The average molecular weight is 342 g/mol. The molecule has 0 fully saturated rings. The Balaban J connectivity index is 1.61. The summed E-state index contributed by atoms with van der Waals surface area (Å²) in [6.45, 7) is 5.63. The van der Waals surface area contributed by atoms with Crippen LogP contribution >= 0.6 is 0 Å². The first-order valence-electron chi connectivity index (χ1n) is 8.43. The van der Waals surface area contributed by atoms with Crippen LogP contribution in [0.5, 0.6) is 11.5 Å². The van der Waals surface area contributed by atoms with E-state index >= 15 is 0 Å². The van der Waals surface area contributed by atoms with E-state index in [1.54, 1.807) is 7.11 Å². The molecule has 0 aliphatic rings. The van der Waals surface area contributed by atoms with Gasteiger partial charge in [0.2, 0.25) is 5.91 Å². The number of ether oxygens (including phenoxy) is 2. The van der Waals surface area contributed by atoms with E-state index in [0.29, 0.717) is 26.1 Å². The molecule has 0 unspecified atom stereocenters. The Bertz CT molecular complexity index is 684. The molecule has 0 bridgehead atoms. The number of carbonyl (C=O) groups excluding carboxylic acids is 1. The first-order valence-corrected chi connectivity index (χ1v) is 8.43. The maximum atomic E-state index is 11.9. The zero-order valence-corrected chi connectivity index (χ0v) is 15.1. The number of nitrogens with one attached hydrogen (secondary N) is 2. The Kier molecular flexibility index (Phi) is 7.14. The van der Waals surface area contributed by atoms with Gasteiger partial charge in [0.25, 0.3) is 0 Å². The highest BCUT2D eigenvalue weighted by Gasteiger charge is 2.03. The standard InChI is InChI=1S/C20H26N2O3/c1-15-4-5-16(2)19(14-15)21-11-10-20(23)22-12-13-25-18-8-6-17(24-3)7-9-18/h4-9,14,21H,10-13H2,1-3H3,(H,22,23). The smallest absolute Gasteiger partial charge is 0.221 e. The summed E-state index contributed by atoms with van der Waals surface area (Å²) < 4.78 is 10.7. The van der Waals surface area contributed by atoms with E-state index in [1.165, 1.54) is 11.1 Å². The first-order chi connectivity index (χ1) is 12.1. The molecule has 1 amide bonds. The van der Waals surface area contributed by atoms with Crippen LogP contribution in [0.2, 0.25) is 0 Å². The summed E-state index contributed by atoms with van der Waals surface area (Å²) in [5.74, 6) is 1.56. The highest BCUT2D eigenvalue weighted by Crippen LogP contribution is 2.17. The lowest BCUT2D eigenvalue weighted by Crippen LogP contribution is -2.29. The van der Waals surface area contributed by atoms with E-state index in [1.807, 2.05) is 24.3 Å². The van der Waals surface area contributed by atoms with Crippen LogP contribution in [-0.4, -0.2) is 32.7 Å². The van der Waals surface area contributed by atoms with Crippen LogP contribution in [0.25, 0.3) is 0 Å². The fourth-order valence-electron chi connectivity index (χ4n) is 2.36. The summed E-state index contributed by atoms with van der Waals surface area (Å²) in [7, 11) is 1.63. The van der Waals surface area contributed by atoms with Gasteiger partial charge in [-0.05, 0) is 55.3 Å². The normalized spacial score (nSPS) is 10.2. The Labute approximate surface area is 149 Å². The number of benzene rings is 2. The van der Waals surface area contributed by atoms with Crippen LogP contribution in [0.3, 0.4) is 0 Å². The van der Waals surface area contributed by atoms with Crippen molar-refractivity contribution in [1.29, 1.82) is 0 Å². The molecule has 0 heterocycles. The second-order valence-electron chi connectivity index (χ2n) is 5.87. The fraction of sp³-hybridized carbons (Fsp3) is 0.350. The van der Waals surface area contributed by atoms with Crippen molar-refractivity contribution in [3.05, 3.63) is 53.6 Å². The van der Waals surface area contributed by atoms with Crippen molar-refractivity contribution < 1.29 is 14.3 Å². The molecular formula is C20H26N2O3. The summed E-state index contributed by atoms with van der Waals surface area (Å²) >= 11 is 0. The zero-order chi connectivity index (χ0) is 18.1.